The van der Waals surface area contributed by atoms with Crippen LogP contribution >= 0.6 is 0 Å². The number of anilines is 1. The van der Waals surface area contributed by atoms with Gasteiger partial charge in [0.2, 0.25) is 0 Å². The summed E-state index contributed by atoms with van der Waals surface area (Å²) in [6.07, 6.45) is 2.81. The minimum absolute atomic E-state index is 0.0723. The van der Waals surface area contributed by atoms with Crippen LogP contribution in [-0.4, -0.2) is 49.7 Å². The lowest BCUT2D eigenvalue weighted by molar-refractivity contribution is 0.206. The topological polar surface area (TPSA) is 59.4 Å². The summed E-state index contributed by atoms with van der Waals surface area (Å²) >= 11 is 0. The van der Waals surface area contributed by atoms with E-state index in [1.807, 2.05) is 11.9 Å². The third-order valence-corrected chi connectivity index (χ3v) is 3.12. The highest BCUT2D eigenvalue weighted by Gasteiger charge is 2.07. The van der Waals surface area contributed by atoms with Crippen LogP contribution in [0.2, 0.25) is 0 Å². The number of nitrogens with one attached hydrogen (secondary N) is 1. The molecule has 6 heteroatoms. The average molecular weight is 282 g/mol. The second-order valence-electron chi connectivity index (χ2n) is 5.00. The van der Waals surface area contributed by atoms with Crippen LogP contribution in [0, 0.1) is 0 Å². The predicted octanol–water partition coefficient (Wildman–Crippen LogP) is 0.714. The van der Waals surface area contributed by atoms with Crippen LogP contribution in [0.25, 0.3) is 0 Å². The van der Waals surface area contributed by atoms with Gasteiger partial charge in [0.15, 0.2) is 0 Å². The summed E-state index contributed by atoms with van der Waals surface area (Å²) in [7, 11) is 3.58. The number of likely N-dealkylation sites (N-methyl/N-ethyl adjacent to an activating group) is 1. The first kappa shape index (κ1) is 16.7. The smallest absolute Gasteiger partial charge is 0.268 e. The molecular formula is C14H26N4O2. The van der Waals surface area contributed by atoms with Crippen LogP contribution in [0.15, 0.2) is 17.1 Å². The number of rotatable bonds is 9. The highest BCUT2D eigenvalue weighted by Crippen LogP contribution is 2.06. The Bertz CT molecular complexity index is 447. The predicted molar refractivity (Wildman–Crippen MR) is 81.4 cm³/mol. The summed E-state index contributed by atoms with van der Waals surface area (Å²) in [5.74, 6) is 0. The lowest BCUT2D eigenvalue weighted by Gasteiger charge is -2.19. The van der Waals surface area contributed by atoms with Crippen molar-refractivity contribution in [3.05, 3.63) is 22.6 Å². The Kier molecular flexibility index (Phi) is 7.25. The molecule has 0 radical (unpaired) electrons. The maximum Gasteiger partial charge on any atom is 0.268 e. The molecule has 0 saturated carbocycles. The van der Waals surface area contributed by atoms with E-state index in [-0.39, 0.29) is 11.6 Å². The number of methoxy groups -OCH3 is 1. The van der Waals surface area contributed by atoms with Gasteiger partial charge in [0.05, 0.1) is 25.0 Å². The molecule has 1 rings (SSSR count). The fourth-order valence-electron chi connectivity index (χ4n) is 1.84. The van der Waals surface area contributed by atoms with Gasteiger partial charge >= 0.3 is 0 Å². The summed E-state index contributed by atoms with van der Waals surface area (Å²) in [6.45, 7) is 7.07. The van der Waals surface area contributed by atoms with Crippen LogP contribution < -0.4 is 15.8 Å². The number of aromatic nitrogens is 2. The Morgan fingerprint density at radius 3 is 2.90 bits per heavy atom. The third kappa shape index (κ3) is 5.30. The van der Waals surface area contributed by atoms with Gasteiger partial charge in [-0.25, -0.2) is 4.68 Å². The van der Waals surface area contributed by atoms with E-state index in [4.69, 9.17) is 4.74 Å². The quantitative estimate of drug-likeness (QED) is 0.723. The lowest BCUT2D eigenvalue weighted by atomic mass is 10.3. The molecule has 1 heterocycles. The maximum absolute atomic E-state index is 12.0. The van der Waals surface area contributed by atoms with Gasteiger partial charge in [0.25, 0.3) is 5.56 Å². The Morgan fingerprint density at radius 2 is 2.30 bits per heavy atom. The number of hydrogen-bond donors (Lipinski definition) is 1. The monoisotopic (exact) mass is 282 g/mol. The molecule has 0 spiro atoms. The zero-order valence-corrected chi connectivity index (χ0v) is 12.9. The Labute approximate surface area is 120 Å². The molecule has 1 aromatic rings. The van der Waals surface area contributed by atoms with Gasteiger partial charge in [0.1, 0.15) is 0 Å². The van der Waals surface area contributed by atoms with E-state index in [0.29, 0.717) is 13.2 Å². The van der Waals surface area contributed by atoms with E-state index in [9.17, 15) is 4.79 Å². The lowest BCUT2D eigenvalue weighted by Crippen LogP contribution is -2.36. The molecule has 0 bridgehead atoms. The number of ether oxygens (including phenoxy) is 1. The molecule has 1 unspecified atom stereocenters. The molecule has 0 aliphatic rings. The highest BCUT2D eigenvalue weighted by atomic mass is 16.5. The van der Waals surface area contributed by atoms with Crippen molar-refractivity contribution in [2.24, 2.45) is 0 Å². The second-order valence-corrected chi connectivity index (χ2v) is 5.00. The van der Waals surface area contributed by atoms with Crippen molar-refractivity contribution in [2.45, 2.75) is 32.9 Å². The van der Waals surface area contributed by atoms with E-state index in [1.165, 1.54) is 4.68 Å². The van der Waals surface area contributed by atoms with Crippen molar-refractivity contribution < 1.29 is 4.74 Å². The van der Waals surface area contributed by atoms with Crippen molar-refractivity contribution in [3.8, 4) is 0 Å². The Balaban J connectivity index is 2.65. The minimum atomic E-state index is -0.0723. The Hall–Kier alpha value is -1.40. The molecule has 1 N–H and O–H groups in total. The normalized spacial score (nSPS) is 12.4. The van der Waals surface area contributed by atoms with Crippen LogP contribution in [0.3, 0.4) is 0 Å². The van der Waals surface area contributed by atoms with E-state index < -0.39 is 0 Å². The molecule has 6 nitrogen and oxygen atoms in total. The molecule has 0 saturated heterocycles. The molecule has 0 aliphatic carbocycles. The maximum atomic E-state index is 12.0. The highest BCUT2D eigenvalue weighted by molar-refractivity contribution is 5.41. The molecule has 0 aliphatic heterocycles. The van der Waals surface area contributed by atoms with Gasteiger partial charge in [-0.2, -0.15) is 5.10 Å². The molecule has 0 aromatic carbocycles. The standard InChI is InChI=1S/C14H26N4O2/c1-5-6-15-12(2)11-18-14(19)9-13(10-16-18)17(3)7-8-20-4/h9-10,12,15H,5-8,11H2,1-4H3. The van der Waals surface area contributed by atoms with Crippen LogP contribution in [0.5, 0.6) is 0 Å². The summed E-state index contributed by atoms with van der Waals surface area (Å²) in [5.41, 5.74) is 0.745. The first-order valence-corrected chi connectivity index (χ1v) is 7.09. The minimum Gasteiger partial charge on any atom is -0.383 e. The van der Waals surface area contributed by atoms with Crippen LogP contribution in [0.1, 0.15) is 20.3 Å². The molecule has 0 fully saturated rings. The van der Waals surface area contributed by atoms with Gasteiger partial charge in [-0.15, -0.1) is 0 Å². The van der Waals surface area contributed by atoms with Crippen LogP contribution in [0.4, 0.5) is 5.69 Å². The third-order valence-electron chi connectivity index (χ3n) is 3.12. The molecule has 114 valence electrons. The van der Waals surface area contributed by atoms with Crippen LogP contribution in [-0.2, 0) is 11.3 Å². The second kappa shape index (κ2) is 8.71. The zero-order chi connectivity index (χ0) is 15.0. The van der Waals surface area contributed by atoms with Crippen molar-refractivity contribution in [1.29, 1.82) is 0 Å². The molecular weight excluding hydrogens is 256 g/mol. The van der Waals surface area contributed by atoms with Gasteiger partial charge in [-0.05, 0) is 19.9 Å². The zero-order valence-electron chi connectivity index (χ0n) is 12.9. The average Bonchev–Trinajstić information content (AvgIpc) is 2.44. The number of hydrogen-bond acceptors (Lipinski definition) is 5. The molecule has 20 heavy (non-hydrogen) atoms. The molecule has 0 amide bonds. The van der Waals surface area contributed by atoms with Crippen molar-refractivity contribution in [3.63, 3.8) is 0 Å². The van der Waals surface area contributed by atoms with Crippen molar-refractivity contribution >= 4 is 5.69 Å². The van der Waals surface area contributed by atoms with E-state index in [2.05, 4.69) is 24.3 Å². The largest absolute Gasteiger partial charge is 0.383 e. The molecule has 1 atom stereocenters. The van der Waals surface area contributed by atoms with Gasteiger partial charge < -0.3 is 15.0 Å². The first-order valence-electron chi connectivity index (χ1n) is 7.09. The van der Waals surface area contributed by atoms with E-state index in [0.717, 1.165) is 25.2 Å². The molecule has 1 aromatic heterocycles. The van der Waals surface area contributed by atoms with Gasteiger partial charge in [-0.1, -0.05) is 6.92 Å². The van der Waals surface area contributed by atoms with E-state index in [1.54, 1.807) is 19.4 Å². The fraction of sp³-hybridized carbons (Fsp3) is 0.714. The summed E-state index contributed by atoms with van der Waals surface area (Å²) < 4.78 is 6.53. The van der Waals surface area contributed by atoms with Crippen molar-refractivity contribution in [2.75, 3.05) is 38.8 Å². The SMILES string of the molecule is CCCNC(C)Cn1ncc(N(C)CCOC)cc1=O. The van der Waals surface area contributed by atoms with E-state index >= 15 is 0 Å². The first-order chi connectivity index (χ1) is 9.58. The number of nitrogens with zero attached hydrogens (tertiary/aromatic N) is 3. The summed E-state index contributed by atoms with van der Waals surface area (Å²) in [6, 6.07) is 1.85. The van der Waals surface area contributed by atoms with Gasteiger partial charge in [0, 0.05) is 32.8 Å². The Morgan fingerprint density at radius 1 is 1.55 bits per heavy atom. The van der Waals surface area contributed by atoms with Gasteiger partial charge in [-0.3, -0.25) is 4.79 Å². The van der Waals surface area contributed by atoms with Crippen molar-refractivity contribution in [1.82, 2.24) is 15.1 Å². The summed E-state index contributed by atoms with van der Waals surface area (Å²) in [5, 5.41) is 7.58. The fourth-order valence-corrected chi connectivity index (χ4v) is 1.84. The summed E-state index contributed by atoms with van der Waals surface area (Å²) in [4.78, 5) is 14.0.